The lowest BCUT2D eigenvalue weighted by Crippen LogP contribution is -2.63. The van der Waals surface area contributed by atoms with Crippen molar-refractivity contribution in [3.05, 3.63) is 53.5 Å². The zero-order chi connectivity index (χ0) is 24.6. The van der Waals surface area contributed by atoms with Crippen LogP contribution in [0.3, 0.4) is 0 Å². The molecule has 0 aliphatic carbocycles. The van der Waals surface area contributed by atoms with E-state index < -0.39 is 17.4 Å². The maximum atomic E-state index is 13.5. The summed E-state index contributed by atoms with van der Waals surface area (Å²) in [5.74, 6) is -0.893. The van der Waals surface area contributed by atoms with Crippen LogP contribution in [0.4, 0.5) is 4.39 Å². The molecule has 0 N–H and O–H groups in total. The van der Waals surface area contributed by atoms with Gasteiger partial charge in [-0.15, -0.1) is 0 Å². The number of amides is 2. The molecule has 4 rings (SSSR count). The molecule has 0 radical (unpaired) electrons. The summed E-state index contributed by atoms with van der Waals surface area (Å²) < 4.78 is 19.5. The molecule has 0 spiro atoms. The maximum Gasteiger partial charge on any atom is 0.290 e. The number of carbonyl (C=O) groups is 2. The lowest BCUT2D eigenvalue weighted by Gasteiger charge is -2.42. The smallest absolute Gasteiger partial charge is 0.290 e. The monoisotopic (exact) mass is 462 g/mol. The van der Waals surface area contributed by atoms with Crippen molar-refractivity contribution in [1.29, 1.82) is 5.26 Å². The normalized spacial score (nSPS) is 15.7. The Morgan fingerprint density at radius 1 is 1.21 bits per heavy atom. The fourth-order valence-electron chi connectivity index (χ4n) is 4.56. The Morgan fingerprint density at radius 2 is 1.88 bits per heavy atom. The van der Waals surface area contributed by atoms with Gasteiger partial charge >= 0.3 is 0 Å². The van der Waals surface area contributed by atoms with Crippen LogP contribution in [0.25, 0.3) is 22.4 Å². The molecule has 176 valence electrons. The predicted molar refractivity (Wildman–Crippen MR) is 125 cm³/mol. The summed E-state index contributed by atoms with van der Waals surface area (Å²) in [6.07, 6.45) is 3.63. The third-order valence-corrected chi connectivity index (χ3v) is 6.64. The second-order valence-electron chi connectivity index (χ2n) is 9.01. The van der Waals surface area contributed by atoms with Crippen LogP contribution in [0, 0.1) is 17.3 Å². The van der Waals surface area contributed by atoms with Gasteiger partial charge in [-0.3, -0.25) is 9.59 Å². The molecule has 3 aromatic rings. The minimum Gasteiger partial charge on any atom is -0.449 e. The van der Waals surface area contributed by atoms with Crippen molar-refractivity contribution in [2.45, 2.75) is 52.0 Å². The Hall–Kier alpha value is -3.73. The molecule has 1 aromatic carbocycles. The van der Waals surface area contributed by atoms with Crippen molar-refractivity contribution < 1.29 is 18.4 Å². The molecule has 0 saturated carbocycles. The number of nitrogens with zero attached hydrogens (tertiary/aromatic N) is 4. The number of nitriles is 1. The number of fused-ring (bicyclic) bond motifs is 1. The average Bonchev–Trinajstić information content (AvgIpc) is 3.26. The Balaban J connectivity index is 1.80. The summed E-state index contributed by atoms with van der Waals surface area (Å²) in [5, 5.41) is 9.20. The number of benzene rings is 1. The van der Waals surface area contributed by atoms with Crippen LogP contribution in [0.2, 0.25) is 0 Å². The summed E-state index contributed by atoms with van der Waals surface area (Å²) in [6, 6.07) is 9.69. The Bertz CT molecular complexity index is 1290. The number of aromatic nitrogens is 1. The lowest BCUT2D eigenvalue weighted by atomic mass is 9.92. The van der Waals surface area contributed by atoms with E-state index in [9.17, 15) is 19.2 Å². The van der Waals surface area contributed by atoms with Crippen molar-refractivity contribution in [3.63, 3.8) is 0 Å². The molecule has 7 nitrogen and oxygen atoms in total. The number of carbonyl (C=O) groups excluding carboxylic acids is 2. The molecule has 0 unspecified atom stereocenters. The molecule has 1 aliphatic heterocycles. The number of halogens is 1. The summed E-state index contributed by atoms with van der Waals surface area (Å²) in [6.45, 7) is 7.79. The SMILES string of the molecule is CCC(CC)c1cc(-c2ccc(F)cc2)nc2cc(C(=O)N3CCN(C#N)C(=O)C3(C)C)oc12. The number of pyridine rings is 1. The Labute approximate surface area is 197 Å². The molecule has 0 atom stereocenters. The molecule has 8 heteroatoms. The minimum atomic E-state index is -1.19. The Morgan fingerprint density at radius 3 is 2.50 bits per heavy atom. The van der Waals surface area contributed by atoms with Gasteiger partial charge in [0.1, 0.15) is 16.9 Å². The van der Waals surface area contributed by atoms with E-state index in [0.717, 1.165) is 28.9 Å². The van der Waals surface area contributed by atoms with Crippen LogP contribution >= 0.6 is 0 Å². The number of piperazine rings is 1. The second kappa shape index (κ2) is 8.90. The molecular weight excluding hydrogens is 435 g/mol. The van der Waals surface area contributed by atoms with Crippen molar-refractivity contribution in [3.8, 4) is 17.5 Å². The van der Waals surface area contributed by atoms with Crippen molar-refractivity contribution in [1.82, 2.24) is 14.8 Å². The molecule has 2 aromatic heterocycles. The predicted octanol–water partition coefficient (Wildman–Crippen LogP) is 5.08. The van der Waals surface area contributed by atoms with Gasteiger partial charge in [0.15, 0.2) is 17.5 Å². The molecule has 0 bridgehead atoms. The van der Waals surface area contributed by atoms with Gasteiger partial charge in [0.25, 0.3) is 11.8 Å². The molecule has 1 fully saturated rings. The van der Waals surface area contributed by atoms with E-state index in [-0.39, 0.29) is 30.6 Å². The lowest BCUT2D eigenvalue weighted by molar-refractivity contribution is -0.142. The fourth-order valence-corrected chi connectivity index (χ4v) is 4.56. The molecule has 3 heterocycles. The second-order valence-corrected chi connectivity index (χ2v) is 9.01. The maximum absolute atomic E-state index is 13.5. The van der Waals surface area contributed by atoms with Gasteiger partial charge in [-0.05, 0) is 62.9 Å². The van der Waals surface area contributed by atoms with Gasteiger partial charge in [-0.1, -0.05) is 13.8 Å². The van der Waals surface area contributed by atoms with Gasteiger partial charge < -0.3 is 9.32 Å². The van der Waals surface area contributed by atoms with Gasteiger partial charge in [-0.25, -0.2) is 14.3 Å². The summed E-state index contributed by atoms with van der Waals surface area (Å²) in [7, 11) is 0. The van der Waals surface area contributed by atoms with E-state index in [2.05, 4.69) is 13.8 Å². The highest BCUT2D eigenvalue weighted by Crippen LogP contribution is 2.35. The number of hydrogen-bond acceptors (Lipinski definition) is 5. The molecule has 1 saturated heterocycles. The first-order chi connectivity index (χ1) is 16.2. The number of furan rings is 1. The quantitative estimate of drug-likeness (QED) is 0.493. The van der Waals surface area contributed by atoms with Gasteiger partial charge in [0.2, 0.25) is 0 Å². The average molecular weight is 463 g/mol. The van der Waals surface area contributed by atoms with Crippen LogP contribution in [0.15, 0.2) is 40.8 Å². The van der Waals surface area contributed by atoms with Crippen molar-refractivity contribution in [2.24, 2.45) is 0 Å². The van der Waals surface area contributed by atoms with Crippen molar-refractivity contribution in [2.75, 3.05) is 13.1 Å². The highest BCUT2D eigenvalue weighted by molar-refractivity contribution is 6.00. The topological polar surface area (TPSA) is 90.4 Å². The van der Waals surface area contributed by atoms with Crippen molar-refractivity contribution >= 4 is 22.9 Å². The first-order valence-electron chi connectivity index (χ1n) is 11.4. The zero-order valence-corrected chi connectivity index (χ0v) is 19.8. The minimum absolute atomic E-state index is 0.0947. The van der Waals surface area contributed by atoms with Gasteiger partial charge in [0.05, 0.1) is 12.2 Å². The van der Waals surface area contributed by atoms with E-state index >= 15 is 0 Å². The molecule has 2 amide bonds. The van der Waals surface area contributed by atoms with Crippen LogP contribution in [-0.2, 0) is 4.79 Å². The van der Waals surface area contributed by atoms with Crippen LogP contribution in [0.1, 0.15) is 62.6 Å². The summed E-state index contributed by atoms with van der Waals surface area (Å²) in [4.78, 5) is 33.4. The fraction of sp³-hybridized carbons (Fsp3) is 0.385. The van der Waals surface area contributed by atoms with E-state index in [0.29, 0.717) is 16.8 Å². The zero-order valence-electron chi connectivity index (χ0n) is 19.8. The van der Waals surface area contributed by atoms with E-state index in [1.54, 1.807) is 32.0 Å². The van der Waals surface area contributed by atoms with Crippen LogP contribution in [-0.4, -0.2) is 45.2 Å². The van der Waals surface area contributed by atoms with Crippen LogP contribution < -0.4 is 0 Å². The Kier molecular flexibility index (Phi) is 6.13. The van der Waals surface area contributed by atoms with Crippen LogP contribution in [0.5, 0.6) is 0 Å². The first-order valence-corrected chi connectivity index (χ1v) is 11.4. The molecule has 34 heavy (non-hydrogen) atoms. The first kappa shape index (κ1) is 23.4. The van der Waals surface area contributed by atoms with Gasteiger partial charge in [-0.2, -0.15) is 5.26 Å². The largest absolute Gasteiger partial charge is 0.449 e. The van der Waals surface area contributed by atoms with Gasteiger partial charge in [0, 0.05) is 23.7 Å². The molecular formula is C26H27FN4O3. The van der Waals surface area contributed by atoms with E-state index in [4.69, 9.17) is 9.40 Å². The summed E-state index contributed by atoms with van der Waals surface area (Å²) in [5.41, 5.74) is 2.28. The third kappa shape index (κ3) is 3.92. The number of rotatable bonds is 5. The molecule has 1 aliphatic rings. The van der Waals surface area contributed by atoms with E-state index in [1.807, 2.05) is 12.3 Å². The standard InChI is InChI=1S/C26H27FN4O3/c1-5-16(6-2)19-13-20(17-7-9-18(27)10-8-17)29-21-14-22(34-23(19)21)24(32)31-12-11-30(15-28)25(33)26(31,3)4/h7-10,13-14,16H,5-6,11-12H2,1-4H3. The number of hydrogen-bond donors (Lipinski definition) is 0. The third-order valence-electron chi connectivity index (χ3n) is 6.64. The highest BCUT2D eigenvalue weighted by Gasteiger charge is 2.45. The summed E-state index contributed by atoms with van der Waals surface area (Å²) >= 11 is 0. The van der Waals surface area contributed by atoms with E-state index in [1.165, 1.54) is 17.0 Å². The highest BCUT2D eigenvalue weighted by atomic mass is 19.1.